The SMILES string of the molecule is Cc1cc(C)c2[nH]c(=O)c(CNS(=O)(=O)c3ccccc3C)cc2c1. The van der Waals surface area contributed by atoms with E-state index in [-0.39, 0.29) is 17.0 Å². The van der Waals surface area contributed by atoms with Crippen molar-refractivity contribution in [2.24, 2.45) is 0 Å². The third-order valence-corrected chi connectivity index (χ3v) is 5.77. The van der Waals surface area contributed by atoms with Gasteiger partial charge in [0.2, 0.25) is 10.0 Å². The van der Waals surface area contributed by atoms with Gasteiger partial charge in [0.1, 0.15) is 0 Å². The first kappa shape index (κ1) is 17.4. The fraction of sp³-hybridized carbons (Fsp3) is 0.211. The van der Waals surface area contributed by atoms with Crippen LogP contribution in [0.4, 0.5) is 0 Å². The van der Waals surface area contributed by atoms with Gasteiger partial charge in [0.05, 0.1) is 10.4 Å². The number of sulfonamides is 1. The van der Waals surface area contributed by atoms with Crippen LogP contribution < -0.4 is 10.3 Å². The summed E-state index contributed by atoms with van der Waals surface area (Å²) in [6.07, 6.45) is 0. The maximum absolute atomic E-state index is 12.5. The molecule has 0 saturated heterocycles. The number of benzene rings is 2. The lowest BCUT2D eigenvalue weighted by atomic mass is 10.1. The third-order valence-electron chi connectivity index (χ3n) is 4.21. The zero-order valence-electron chi connectivity index (χ0n) is 14.4. The Morgan fingerprint density at radius 3 is 2.44 bits per heavy atom. The summed E-state index contributed by atoms with van der Waals surface area (Å²) >= 11 is 0. The van der Waals surface area contributed by atoms with Crippen LogP contribution in [0.1, 0.15) is 22.3 Å². The maximum Gasteiger partial charge on any atom is 0.252 e. The highest BCUT2D eigenvalue weighted by Crippen LogP contribution is 2.18. The van der Waals surface area contributed by atoms with E-state index in [9.17, 15) is 13.2 Å². The smallest absolute Gasteiger partial charge is 0.252 e. The lowest BCUT2D eigenvalue weighted by Gasteiger charge is -2.10. The molecule has 5 nitrogen and oxygen atoms in total. The molecule has 1 aromatic heterocycles. The molecule has 0 fully saturated rings. The summed E-state index contributed by atoms with van der Waals surface area (Å²) in [6, 6.07) is 12.5. The van der Waals surface area contributed by atoms with Crippen LogP contribution in [0.5, 0.6) is 0 Å². The van der Waals surface area contributed by atoms with Gasteiger partial charge in [-0.25, -0.2) is 13.1 Å². The molecule has 0 saturated carbocycles. The van der Waals surface area contributed by atoms with E-state index in [0.717, 1.165) is 22.0 Å². The molecule has 0 aliphatic carbocycles. The van der Waals surface area contributed by atoms with Crippen molar-refractivity contribution < 1.29 is 8.42 Å². The molecule has 0 bridgehead atoms. The van der Waals surface area contributed by atoms with Crippen LogP contribution in [0.25, 0.3) is 10.9 Å². The number of aromatic nitrogens is 1. The Bertz CT molecular complexity index is 1120. The molecule has 0 radical (unpaired) electrons. The van der Waals surface area contributed by atoms with E-state index in [1.807, 2.05) is 26.0 Å². The van der Waals surface area contributed by atoms with Gasteiger partial charge in [-0.15, -0.1) is 0 Å². The van der Waals surface area contributed by atoms with Crippen LogP contribution >= 0.6 is 0 Å². The van der Waals surface area contributed by atoms with E-state index in [1.165, 1.54) is 0 Å². The maximum atomic E-state index is 12.5. The predicted octanol–water partition coefficient (Wildman–Crippen LogP) is 2.93. The molecule has 0 aliphatic rings. The van der Waals surface area contributed by atoms with Gasteiger partial charge in [-0.1, -0.05) is 29.8 Å². The van der Waals surface area contributed by atoms with E-state index in [1.54, 1.807) is 37.3 Å². The Labute approximate surface area is 146 Å². The van der Waals surface area contributed by atoms with E-state index < -0.39 is 10.0 Å². The van der Waals surface area contributed by atoms with Crippen molar-refractivity contribution in [1.29, 1.82) is 0 Å². The quantitative estimate of drug-likeness (QED) is 0.754. The van der Waals surface area contributed by atoms with Crippen molar-refractivity contribution in [3.8, 4) is 0 Å². The van der Waals surface area contributed by atoms with Gasteiger partial charge < -0.3 is 4.98 Å². The summed E-state index contributed by atoms with van der Waals surface area (Å²) in [5.41, 5.74) is 3.61. The number of hydrogen-bond acceptors (Lipinski definition) is 3. The first-order valence-corrected chi connectivity index (χ1v) is 9.45. The summed E-state index contributed by atoms with van der Waals surface area (Å²) < 4.78 is 27.5. The largest absolute Gasteiger partial charge is 0.321 e. The molecule has 2 N–H and O–H groups in total. The Hall–Kier alpha value is -2.44. The molecule has 25 heavy (non-hydrogen) atoms. The highest BCUT2D eigenvalue weighted by Gasteiger charge is 2.17. The molecule has 6 heteroatoms. The average Bonchev–Trinajstić information content (AvgIpc) is 2.54. The average molecular weight is 356 g/mol. The van der Waals surface area contributed by atoms with E-state index in [2.05, 4.69) is 9.71 Å². The van der Waals surface area contributed by atoms with Crippen molar-refractivity contribution in [3.63, 3.8) is 0 Å². The first-order valence-electron chi connectivity index (χ1n) is 7.96. The summed E-state index contributed by atoms with van der Waals surface area (Å²) in [5, 5.41) is 0.891. The standard InChI is InChI=1S/C19H20N2O3S/c1-12-8-14(3)18-15(9-12)10-16(19(22)21-18)11-20-25(23,24)17-7-5-4-6-13(17)2/h4-10,20H,11H2,1-3H3,(H,21,22). The van der Waals surface area contributed by atoms with Crippen LogP contribution in [0.15, 0.2) is 52.2 Å². The molecule has 0 amide bonds. The minimum atomic E-state index is -3.68. The van der Waals surface area contributed by atoms with Gasteiger partial charge >= 0.3 is 0 Å². The van der Waals surface area contributed by atoms with Gasteiger partial charge in [-0.3, -0.25) is 4.79 Å². The van der Waals surface area contributed by atoms with Crippen LogP contribution in [0.3, 0.4) is 0 Å². The molecular weight excluding hydrogens is 336 g/mol. The number of nitrogens with one attached hydrogen (secondary N) is 2. The molecular formula is C19H20N2O3S. The van der Waals surface area contributed by atoms with Gasteiger partial charge in [0.25, 0.3) is 5.56 Å². The zero-order valence-corrected chi connectivity index (χ0v) is 15.2. The van der Waals surface area contributed by atoms with Gasteiger partial charge in [0, 0.05) is 12.1 Å². The van der Waals surface area contributed by atoms with E-state index in [0.29, 0.717) is 11.1 Å². The van der Waals surface area contributed by atoms with Crippen molar-refractivity contribution in [3.05, 3.63) is 75.1 Å². The Morgan fingerprint density at radius 1 is 1.00 bits per heavy atom. The van der Waals surface area contributed by atoms with Crippen molar-refractivity contribution in [2.45, 2.75) is 32.2 Å². The Balaban J connectivity index is 1.95. The summed E-state index contributed by atoms with van der Waals surface area (Å²) in [6.45, 7) is 5.60. The number of hydrogen-bond donors (Lipinski definition) is 2. The lowest BCUT2D eigenvalue weighted by Crippen LogP contribution is -2.27. The van der Waals surface area contributed by atoms with Crippen molar-refractivity contribution in [2.75, 3.05) is 0 Å². The molecule has 0 atom stereocenters. The fourth-order valence-electron chi connectivity index (χ4n) is 2.97. The molecule has 1 heterocycles. The van der Waals surface area contributed by atoms with E-state index in [4.69, 9.17) is 0 Å². The number of pyridine rings is 1. The van der Waals surface area contributed by atoms with Gasteiger partial charge in [0.15, 0.2) is 0 Å². The summed E-state index contributed by atoms with van der Waals surface area (Å²) in [7, 11) is -3.68. The van der Waals surface area contributed by atoms with Gasteiger partial charge in [-0.2, -0.15) is 0 Å². The second kappa shape index (κ2) is 6.46. The number of fused-ring (bicyclic) bond motifs is 1. The van der Waals surface area contributed by atoms with Crippen LogP contribution in [0, 0.1) is 20.8 Å². The Morgan fingerprint density at radius 2 is 1.72 bits per heavy atom. The normalized spacial score (nSPS) is 11.8. The van der Waals surface area contributed by atoms with Gasteiger partial charge in [-0.05, 0) is 55.5 Å². The highest BCUT2D eigenvalue weighted by molar-refractivity contribution is 7.89. The van der Waals surface area contributed by atoms with Crippen LogP contribution in [0.2, 0.25) is 0 Å². The highest BCUT2D eigenvalue weighted by atomic mass is 32.2. The fourth-order valence-corrected chi connectivity index (χ4v) is 4.22. The zero-order chi connectivity index (χ0) is 18.2. The van der Waals surface area contributed by atoms with Crippen LogP contribution in [-0.2, 0) is 16.6 Å². The predicted molar refractivity (Wildman–Crippen MR) is 99.2 cm³/mol. The molecule has 3 rings (SSSR count). The monoisotopic (exact) mass is 356 g/mol. The minimum Gasteiger partial charge on any atom is -0.321 e. The number of aryl methyl sites for hydroxylation is 3. The summed E-state index contributed by atoms with van der Waals surface area (Å²) in [4.78, 5) is 15.4. The number of H-pyrrole nitrogens is 1. The molecule has 2 aromatic carbocycles. The molecule has 0 spiro atoms. The van der Waals surface area contributed by atoms with Crippen LogP contribution in [-0.4, -0.2) is 13.4 Å². The molecule has 3 aromatic rings. The lowest BCUT2D eigenvalue weighted by molar-refractivity contribution is 0.580. The number of rotatable bonds is 4. The second-order valence-electron chi connectivity index (χ2n) is 6.26. The Kier molecular flexibility index (Phi) is 4.49. The van der Waals surface area contributed by atoms with Crippen molar-refractivity contribution in [1.82, 2.24) is 9.71 Å². The summed E-state index contributed by atoms with van der Waals surface area (Å²) in [5.74, 6) is 0. The molecule has 0 aliphatic heterocycles. The van der Waals surface area contributed by atoms with Crippen molar-refractivity contribution >= 4 is 20.9 Å². The molecule has 0 unspecified atom stereocenters. The molecule has 130 valence electrons. The third kappa shape index (κ3) is 3.50. The first-order chi connectivity index (χ1) is 11.8. The number of aromatic amines is 1. The minimum absolute atomic E-state index is 0.0606. The topological polar surface area (TPSA) is 79.0 Å². The van der Waals surface area contributed by atoms with E-state index >= 15 is 0 Å². The second-order valence-corrected chi connectivity index (χ2v) is 8.00.